The number of aromatic hydroxyl groups is 1. The van der Waals surface area contributed by atoms with Gasteiger partial charge in [-0.25, -0.2) is 0 Å². The van der Waals surface area contributed by atoms with Crippen LogP contribution in [0.2, 0.25) is 0 Å². The lowest BCUT2D eigenvalue weighted by Gasteiger charge is -2.34. The number of hydrogen-bond acceptors (Lipinski definition) is 2. The van der Waals surface area contributed by atoms with Gasteiger partial charge in [-0.15, -0.1) is 0 Å². The van der Waals surface area contributed by atoms with Gasteiger partial charge in [-0.05, 0) is 32.2 Å². The van der Waals surface area contributed by atoms with Crippen LogP contribution in [0.3, 0.4) is 0 Å². The molecule has 0 aliphatic rings. The fourth-order valence-corrected chi connectivity index (χ4v) is 2.65. The van der Waals surface area contributed by atoms with Gasteiger partial charge in [0.2, 0.25) is 0 Å². The molecule has 0 fully saturated rings. The van der Waals surface area contributed by atoms with Crippen LogP contribution in [0.1, 0.15) is 39.3 Å². The van der Waals surface area contributed by atoms with Crippen molar-refractivity contribution in [2.24, 2.45) is 5.92 Å². The Morgan fingerprint density at radius 3 is 2.25 bits per heavy atom. The van der Waals surface area contributed by atoms with Crippen molar-refractivity contribution >= 4 is 10.8 Å². The van der Waals surface area contributed by atoms with Crippen molar-refractivity contribution in [3.8, 4) is 5.75 Å². The molecule has 0 radical (unpaired) electrons. The molecule has 2 heteroatoms. The molecule has 2 aromatic rings. The lowest BCUT2D eigenvalue weighted by molar-refractivity contribution is 0.156. The Hall–Kier alpha value is -1.54. The molecule has 0 saturated carbocycles. The quantitative estimate of drug-likeness (QED) is 0.879. The minimum absolute atomic E-state index is 0.192. The Labute approximate surface area is 122 Å². The molecule has 2 atom stereocenters. The van der Waals surface area contributed by atoms with Crippen LogP contribution in [0.5, 0.6) is 5.75 Å². The Morgan fingerprint density at radius 2 is 1.60 bits per heavy atom. The molecule has 0 aromatic heterocycles. The molecule has 0 aliphatic carbocycles. The number of phenols is 1. The third-order valence-corrected chi connectivity index (χ3v) is 4.60. The van der Waals surface area contributed by atoms with E-state index in [1.54, 1.807) is 0 Å². The number of benzene rings is 2. The van der Waals surface area contributed by atoms with E-state index in [2.05, 4.69) is 45.7 Å². The maximum Gasteiger partial charge on any atom is 0.128 e. The van der Waals surface area contributed by atoms with E-state index in [0.29, 0.717) is 17.7 Å². The van der Waals surface area contributed by atoms with E-state index < -0.39 is 0 Å². The van der Waals surface area contributed by atoms with E-state index >= 15 is 0 Å². The molecule has 108 valence electrons. The zero-order chi connectivity index (χ0) is 14.9. The minimum atomic E-state index is 0.192. The molecular formula is C18H25NO. The van der Waals surface area contributed by atoms with Gasteiger partial charge in [0.1, 0.15) is 5.75 Å². The molecule has 2 aromatic carbocycles. The molecule has 1 N–H and O–H groups in total. The fourth-order valence-electron chi connectivity index (χ4n) is 2.65. The molecule has 2 unspecified atom stereocenters. The molecule has 2 rings (SSSR count). The zero-order valence-corrected chi connectivity index (χ0v) is 13.1. The Bertz CT molecular complexity index is 591. The van der Waals surface area contributed by atoms with Crippen molar-refractivity contribution in [1.82, 2.24) is 4.90 Å². The molecule has 20 heavy (non-hydrogen) atoms. The largest absolute Gasteiger partial charge is 0.507 e. The van der Waals surface area contributed by atoms with Crippen LogP contribution in [-0.2, 0) is 0 Å². The fraction of sp³-hybridized carbons (Fsp3) is 0.444. The van der Waals surface area contributed by atoms with Gasteiger partial charge in [0, 0.05) is 23.0 Å². The topological polar surface area (TPSA) is 23.5 Å². The van der Waals surface area contributed by atoms with Gasteiger partial charge in [0.15, 0.2) is 0 Å². The van der Waals surface area contributed by atoms with Crippen molar-refractivity contribution in [3.63, 3.8) is 0 Å². The van der Waals surface area contributed by atoms with Gasteiger partial charge in [-0.3, -0.25) is 4.90 Å². The smallest absolute Gasteiger partial charge is 0.128 e. The average molecular weight is 271 g/mol. The van der Waals surface area contributed by atoms with Crippen molar-refractivity contribution < 1.29 is 5.11 Å². The summed E-state index contributed by atoms with van der Waals surface area (Å²) in [6.07, 6.45) is 0. The average Bonchev–Trinajstić information content (AvgIpc) is 2.45. The van der Waals surface area contributed by atoms with Crippen LogP contribution in [-0.4, -0.2) is 23.1 Å². The summed E-state index contributed by atoms with van der Waals surface area (Å²) in [5.74, 6) is 1.00. The van der Waals surface area contributed by atoms with Crippen LogP contribution in [0.25, 0.3) is 10.8 Å². The molecule has 2 nitrogen and oxygen atoms in total. The zero-order valence-electron chi connectivity index (χ0n) is 13.1. The van der Waals surface area contributed by atoms with Crippen molar-refractivity contribution in [1.29, 1.82) is 0 Å². The van der Waals surface area contributed by atoms with Crippen LogP contribution >= 0.6 is 0 Å². The highest BCUT2D eigenvalue weighted by atomic mass is 16.3. The van der Waals surface area contributed by atoms with Gasteiger partial charge >= 0.3 is 0 Å². The predicted octanol–water partition coefficient (Wildman–Crippen LogP) is 4.58. The van der Waals surface area contributed by atoms with E-state index in [1.807, 2.05) is 30.3 Å². The second kappa shape index (κ2) is 5.84. The van der Waals surface area contributed by atoms with Crippen LogP contribution < -0.4 is 0 Å². The summed E-state index contributed by atoms with van der Waals surface area (Å²) < 4.78 is 0. The number of nitrogens with zero attached hydrogens (tertiary/aromatic N) is 1. The van der Waals surface area contributed by atoms with E-state index in [-0.39, 0.29) is 6.04 Å². The monoisotopic (exact) mass is 271 g/mol. The van der Waals surface area contributed by atoms with Gasteiger partial charge < -0.3 is 5.11 Å². The summed E-state index contributed by atoms with van der Waals surface area (Å²) in [6.45, 7) is 8.85. The van der Waals surface area contributed by atoms with Gasteiger partial charge in [-0.2, -0.15) is 0 Å². The summed E-state index contributed by atoms with van der Waals surface area (Å²) >= 11 is 0. The highest BCUT2D eigenvalue weighted by Gasteiger charge is 2.22. The first-order chi connectivity index (χ1) is 9.43. The minimum Gasteiger partial charge on any atom is -0.507 e. The van der Waals surface area contributed by atoms with Crippen molar-refractivity contribution in [2.45, 2.75) is 39.8 Å². The van der Waals surface area contributed by atoms with Gasteiger partial charge in [-0.1, -0.05) is 50.2 Å². The molecule has 0 bridgehead atoms. The Balaban J connectivity index is 2.40. The van der Waals surface area contributed by atoms with E-state index in [4.69, 9.17) is 0 Å². The SMILES string of the molecule is CC(C)C(C)N(C)C(C)c1ccc2ccccc2c1O. The summed E-state index contributed by atoms with van der Waals surface area (Å²) in [5.41, 5.74) is 0.999. The van der Waals surface area contributed by atoms with Crippen molar-refractivity contribution in [3.05, 3.63) is 42.0 Å². The van der Waals surface area contributed by atoms with E-state index in [1.165, 1.54) is 0 Å². The highest BCUT2D eigenvalue weighted by molar-refractivity contribution is 5.89. The molecule has 0 aliphatic heterocycles. The third-order valence-electron chi connectivity index (χ3n) is 4.60. The maximum atomic E-state index is 10.6. The first-order valence-electron chi connectivity index (χ1n) is 7.36. The summed E-state index contributed by atoms with van der Waals surface area (Å²) in [6, 6.07) is 12.8. The summed E-state index contributed by atoms with van der Waals surface area (Å²) in [4.78, 5) is 2.33. The molecule has 0 saturated heterocycles. The molecular weight excluding hydrogens is 246 g/mol. The summed E-state index contributed by atoms with van der Waals surface area (Å²) in [5, 5.41) is 12.6. The second-order valence-corrected chi connectivity index (χ2v) is 6.05. The second-order valence-electron chi connectivity index (χ2n) is 6.05. The Morgan fingerprint density at radius 1 is 0.950 bits per heavy atom. The molecule has 0 spiro atoms. The number of rotatable bonds is 4. The molecule has 0 heterocycles. The number of phenolic OH excluding ortho intramolecular Hbond substituents is 1. The summed E-state index contributed by atoms with van der Waals surface area (Å²) in [7, 11) is 2.13. The Kier molecular flexibility index (Phi) is 4.34. The van der Waals surface area contributed by atoms with E-state index in [9.17, 15) is 5.11 Å². The number of hydrogen-bond donors (Lipinski definition) is 1. The number of fused-ring (bicyclic) bond motifs is 1. The molecule has 0 amide bonds. The van der Waals surface area contributed by atoms with Crippen LogP contribution in [0.15, 0.2) is 36.4 Å². The third kappa shape index (κ3) is 2.66. The van der Waals surface area contributed by atoms with Crippen LogP contribution in [0, 0.1) is 5.92 Å². The normalized spacial score (nSPS) is 14.9. The standard InChI is InChI=1S/C18H25NO/c1-12(2)13(3)19(5)14(4)16-11-10-15-8-6-7-9-17(15)18(16)20/h6-14,20H,1-5H3. The van der Waals surface area contributed by atoms with Crippen LogP contribution in [0.4, 0.5) is 0 Å². The lowest BCUT2D eigenvalue weighted by atomic mass is 9.97. The first-order valence-corrected chi connectivity index (χ1v) is 7.36. The highest BCUT2D eigenvalue weighted by Crippen LogP contribution is 2.35. The van der Waals surface area contributed by atoms with Crippen molar-refractivity contribution in [2.75, 3.05) is 7.05 Å². The first kappa shape index (κ1) is 14.9. The van der Waals surface area contributed by atoms with Gasteiger partial charge in [0.25, 0.3) is 0 Å². The predicted molar refractivity (Wildman–Crippen MR) is 86.1 cm³/mol. The lowest BCUT2D eigenvalue weighted by Crippen LogP contribution is -2.35. The maximum absolute atomic E-state index is 10.6. The van der Waals surface area contributed by atoms with Gasteiger partial charge in [0.05, 0.1) is 0 Å². The van der Waals surface area contributed by atoms with E-state index in [0.717, 1.165) is 16.3 Å².